The van der Waals surface area contributed by atoms with Crippen LogP contribution in [0.4, 0.5) is 0 Å². The summed E-state index contributed by atoms with van der Waals surface area (Å²) < 4.78 is 1.60. The Bertz CT molecular complexity index is 583. The minimum absolute atomic E-state index is 0.366. The summed E-state index contributed by atoms with van der Waals surface area (Å²) >= 11 is 0. The zero-order valence-electron chi connectivity index (χ0n) is 10.5. The molecule has 0 amide bonds. The van der Waals surface area contributed by atoms with E-state index in [2.05, 4.69) is 47.5 Å². The van der Waals surface area contributed by atoms with E-state index in [4.69, 9.17) is 0 Å². The second-order valence-corrected chi connectivity index (χ2v) is 4.15. The summed E-state index contributed by atoms with van der Waals surface area (Å²) in [7, 11) is 0. The molecular formula is C13H15N5. The Labute approximate surface area is 106 Å². The van der Waals surface area contributed by atoms with Crippen molar-refractivity contribution >= 4 is 12.2 Å². The number of hydrogen-bond acceptors (Lipinski definition) is 4. The number of nitrogens with zero attached hydrogens (tertiary/aromatic N) is 5. The van der Waals surface area contributed by atoms with Crippen LogP contribution in [-0.4, -0.2) is 25.2 Å². The van der Waals surface area contributed by atoms with Gasteiger partial charge in [-0.2, -0.15) is 4.68 Å². The fourth-order valence-corrected chi connectivity index (χ4v) is 1.63. The molecule has 0 aliphatic heterocycles. The summed E-state index contributed by atoms with van der Waals surface area (Å²) in [5.41, 5.74) is 2.58. The first kappa shape index (κ1) is 12.2. The lowest BCUT2D eigenvalue weighted by molar-refractivity contribution is 0.771. The van der Waals surface area contributed by atoms with Gasteiger partial charge in [0.25, 0.3) is 0 Å². The van der Waals surface area contributed by atoms with Crippen LogP contribution in [0.1, 0.15) is 37.0 Å². The van der Waals surface area contributed by atoms with Crippen LogP contribution in [0.15, 0.2) is 25.3 Å². The van der Waals surface area contributed by atoms with Gasteiger partial charge in [0, 0.05) is 5.69 Å². The molecule has 0 fully saturated rings. The van der Waals surface area contributed by atoms with Crippen LogP contribution in [0.2, 0.25) is 0 Å². The van der Waals surface area contributed by atoms with Crippen molar-refractivity contribution in [3.63, 3.8) is 0 Å². The van der Waals surface area contributed by atoms with Gasteiger partial charge in [0.05, 0.1) is 11.4 Å². The van der Waals surface area contributed by atoms with Gasteiger partial charge in [-0.25, -0.2) is 0 Å². The van der Waals surface area contributed by atoms with Gasteiger partial charge in [-0.3, -0.25) is 4.98 Å². The SMILES string of the molecule is C=Cc1nc(C(C)C)ccc1-n1nnnc1C=C. The Morgan fingerprint density at radius 1 is 1.22 bits per heavy atom. The van der Waals surface area contributed by atoms with Crippen molar-refractivity contribution in [1.82, 2.24) is 25.2 Å². The Balaban J connectivity index is 2.58. The van der Waals surface area contributed by atoms with Crippen LogP contribution in [0.3, 0.4) is 0 Å². The van der Waals surface area contributed by atoms with E-state index < -0.39 is 0 Å². The predicted molar refractivity (Wildman–Crippen MR) is 71.2 cm³/mol. The maximum Gasteiger partial charge on any atom is 0.179 e. The largest absolute Gasteiger partial charge is 0.251 e. The van der Waals surface area contributed by atoms with E-state index in [0.29, 0.717) is 11.7 Å². The van der Waals surface area contributed by atoms with Gasteiger partial charge in [-0.15, -0.1) is 5.10 Å². The van der Waals surface area contributed by atoms with Crippen molar-refractivity contribution in [2.75, 3.05) is 0 Å². The number of tetrazole rings is 1. The van der Waals surface area contributed by atoms with Crippen LogP contribution in [0.25, 0.3) is 17.8 Å². The molecule has 0 atom stereocenters. The minimum Gasteiger partial charge on any atom is -0.251 e. The summed E-state index contributed by atoms with van der Waals surface area (Å²) in [4.78, 5) is 4.55. The maximum atomic E-state index is 4.55. The van der Waals surface area contributed by atoms with Gasteiger partial charge in [0.15, 0.2) is 5.82 Å². The quantitative estimate of drug-likeness (QED) is 0.825. The lowest BCUT2D eigenvalue weighted by atomic mass is 10.1. The molecule has 0 N–H and O–H groups in total. The lowest BCUT2D eigenvalue weighted by Gasteiger charge is -2.10. The first-order valence-corrected chi connectivity index (χ1v) is 5.72. The zero-order chi connectivity index (χ0) is 13.1. The highest BCUT2D eigenvalue weighted by molar-refractivity contribution is 5.57. The van der Waals surface area contributed by atoms with Gasteiger partial charge in [0.1, 0.15) is 0 Å². The molecule has 0 saturated carbocycles. The summed E-state index contributed by atoms with van der Waals surface area (Å²) in [5, 5.41) is 11.4. The monoisotopic (exact) mass is 241 g/mol. The van der Waals surface area contributed by atoms with Crippen molar-refractivity contribution in [2.24, 2.45) is 0 Å². The third-order valence-electron chi connectivity index (χ3n) is 2.61. The van der Waals surface area contributed by atoms with Gasteiger partial charge in [0.2, 0.25) is 0 Å². The van der Waals surface area contributed by atoms with Gasteiger partial charge in [-0.05, 0) is 40.6 Å². The van der Waals surface area contributed by atoms with E-state index in [1.807, 2.05) is 12.1 Å². The average molecular weight is 241 g/mol. The van der Waals surface area contributed by atoms with E-state index in [-0.39, 0.29) is 0 Å². The third-order valence-corrected chi connectivity index (χ3v) is 2.61. The molecule has 0 aliphatic carbocycles. The topological polar surface area (TPSA) is 56.5 Å². The summed E-state index contributed by atoms with van der Waals surface area (Å²) in [5.74, 6) is 0.947. The zero-order valence-corrected chi connectivity index (χ0v) is 10.5. The second kappa shape index (κ2) is 4.91. The normalized spacial score (nSPS) is 10.6. The number of pyridine rings is 1. The Morgan fingerprint density at radius 2 is 2.00 bits per heavy atom. The van der Waals surface area contributed by atoms with Crippen molar-refractivity contribution in [1.29, 1.82) is 0 Å². The first-order valence-electron chi connectivity index (χ1n) is 5.72. The maximum absolute atomic E-state index is 4.55. The molecule has 0 bridgehead atoms. The Hall–Kier alpha value is -2.30. The molecule has 2 heterocycles. The Morgan fingerprint density at radius 3 is 2.61 bits per heavy atom. The fourth-order valence-electron chi connectivity index (χ4n) is 1.63. The lowest BCUT2D eigenvalue weighted by Crippen LogP contribution is -2.05. The molecule has 5 heteroatoms. The molecule has 0 unspecified atom stereocenters. The summed E-state index contributed by atoms with van der Waals surface area (Å²) in [6.45, 7) is 11.7. The molecule has 0 saturated heterocycles. The van der Waals surface area contributed by atoms with Gasteiger partial charge >= 0.3 is 0 Å². The van der Waals surface area contributed by atoms with Gasteiger partial charge in [-0.1, -0.05) is 27.0 Å². The molecule has 2 rings (SSSR count). The highest BCUT2D eigenvalue weighted by Gasteiger charge is 2.11. The number of aromatic nitrogens is 5. The molecule has 2 aromatic heterocycles. The smallest absolute Gasteiger partial charge is 0.179 e. The van der Waals surface area contributed by atoms with E-state index in [1.165, 1.54) is 0 Å². The van der Waals surface area contributed by atoms with Crippen molar-refractivity contribution in [3.05, 3.63) is 42.5 Å². The van der Waals surface area contributed by atoms with Crippen LogP contribution in [0.5, 0.6) is 0 Å². The Kier molecular flexibility index (Phi) is 3.32. The molecule has 92 valence electrons. The van der Waals surface area contributed by atoms with Crippen molar-refractivity contribution in [2.45, 2.75) is 19.8 Å². The highest BCUT2D eigenvalue weighted by Crippen LogP contribution is 2.19. The average Bonchev–Trinajstić information content (AvgIpc) is 2.85. The highest BCUT2D eigenvalue weighted by atomic mass is 15.5. The summed E-state index contributed by atoms with van der Waals surface area (Å²) in [6, 6.07) is 3.92. The molecule has 18 heavy (non-hydrogen) atoms. The molecule has 0 radical (unpaired) electrons. The van der Waals surface area contributed by atoms with E-state index in [1.54, 1.807) is 16.8 Å². The summed E-state index contributed by atoms with van der Waals surface area (Å²) in [6.07, 6.45) is 3.30. The standard InChI is InChI=1S/C13H15N5/c1-5-10-12(8-7-11(14-10)9(3)4)18-13(6-2)15-16-17-18/h5-9H,1-2H2,3-4H3. The molecule has 2 aromatic rings. The number of rotatable bonds is 4. The molecular weight excluding hydrogens is 226 g/mol. The van der Waals surface area contributed by atoms with E-state index in [0.717, 1.165) is 17.1 Å². The molecule has 0 aromatic carbocycles. The van der Waals surface area contributed by atoms with E-state index >= 15 is 0 Å². The van der Waals surface area contributed by atoms with E-state index in [9.17, 15) is 0 Å². The first-order chi connectivity index (χ1) is 8.67. The number of hydrogen-bond donors (Lipinski definition) is 0. The minimum atomic E-state index is 0.366. The third kappa shape index (κ3) is 2.07. The van der Waals surface area contributed by atoms with Crippen molar-refractivity contribution in [3.8, 4) is 5.69 Å². The van der Waals surface area contributed by atoms with Crippen LogP contribution in [0, 0.1) is 0 Å². The van der Waals surface area contributed by atoms with Crippen molar-refractivity contribution < 1.29 is 0 Å². The fraction of sp³-hybridized carbons (Fsp3) is 0.231. The molecule has 0 aliphatic rings. The van der Waals surface area contributed by atoms with Crippen LogP contribution >= 0.6 is 0 Å². The predicted octanol–water partition coefficient (Wildman–Crippen LogP) is 2.47. The van der Waals surface area contributed by atoms with Crippen LogP contribution < -0.4 is 0 Å². The molecule has 0 spiro atoms. The van der Waals surface area contributed by atoms with Gasteiger partial charge < -0.3 is 0 Å². The van der Waals surface area contributed by atoms with Crippen LogP contribution in [-0.2, 0) is 0 Å². The second-order valence-electron chi connectivity index (χ2n) is 4.15. The molecule has 5 nitrogen and oxygen atoms in total.